The second-order valence-corrected chi connectivity index (χ2v) is 15.4. The first kappa shape index (κ1) is 24.8. The van der Waals surface area contributed by atoms with E-state index in [1.165, 1.54) is 5.57 Å². The van der Waals surface area contributed by atoms with E-state index in [1.807, 2.05) is 0 Å². The van der Waals surface area contributed by atoms with Crippen LogP contribution in [-0.4, -0.2) is 29.9 Å². The Hall–Kier alpha value is -1.52. The number of carboxylic acids is 1. The van der Waals surface area contributed by atoms with Gasteiger partial charge in [-0.15, -0.1) is 0 Å². The Bertz CT molecular complexity index is 1030. The normalized spacial score (nSPS) is 53.2. The molecule has 1 saturated heterocycles. The first-order valence-corrected chi connectivity index (χ1v) is 14.5. The van der Waals surface area contributed by atoms with Gasteiger partial charge in [0.05, 0.1) is 5.41 Å². The average molecular weight is 499 g/mol. The van der Waals surface area contributed by atoms with Gasteiger partial charge >= 0.3 is 12.1 Å². The number of allylic oxidation sites excluding steroid dienone is 2. The van der Waals surface area contributed by atoms with Gasteiger partial charge in [-0.25, -0.2) is 4.79 Å². The third-order valence-corrected chi connectivity index (χ3v) is 13.5. The first-order valence-electron chi connectivity index (χ1n) is 14.5. The lowest BCUT2D eigenvalue weighted by Crippen LogP contribution is -2.67. The lowest BCUT2D eigenvalue weighted by atomic mass is 9.33. The van der Waals surface area contributed by atoms with Crippen LogP contribution in [0.4, 0.5) is 4.79 Å². The van der Waals surface area contributed by atoms with Crippen LogP contribution in [0.25, 0.3) is 0 Å². The SMILES string of the molecule is CC1(C)CC[C@]2(C(=O)O)CC[C@]3(C)C(=CC[C@@H]4[C@@]5(C)CCC6OC(=O)OC[C@]6(C)C5CC[C@]43C)[C@H]2C1. The van der Waals surface area contributed by atoms with Crippen LogP contribution in [0.2, 0.25) is 0 Å². The highest BCUT2D eigenvalue weighted by atomic mass is 16.7. The van der Waals surface area contributed by atoms with E-state index in [9.17, 15) is 14.7 Å². The second-order valence-electron chi connectivity index (χ2n) is 15.4. The molecule has 2 unspecified atom stereocenters. The van der Waals surface area contributed by atoms with Gasteiger partial charge in [0.15, 0.2) is 0 Å². The molecular formula is C31H46O5. The molecular weight excluding hydrogens is 452 g/mol. The third-order valence-electron chi connectivity index (χ3n) is 13.5. The topological polar surface area (TPSA) is 72.8 Å². The van der Waals surface area contributed by atoms with Crippen molar-refractivity contribution in [3.05, 3.63) is 11.6 Å². The monoisotopic (exact) mass is 498 g/mol. The van der Waals surface area contributed by atoms with Crippen LogP contribution in [0.15, 0.2) is 11.6 Å². The van der Waals surface area contributed by atoms with Crippen LogP contribution in [0.1, 0.15) is 106 Å². The smallest absolute Gasteiger partial charge is 0.481 e. The lowest BCUT2D eigenvalue weighted by molar-refractivity contribution is -0.234. The van der Waals surface area contributed by atoms with Gasteiger partial charge in [-0.2, -0.15) is 0 Å². The summed E-state index contributed by atoms with van der Waals surface area (Å²) in [7, 11) is 0. The van der Waals surface area contributed by atoms with Crippen LogP contribution >= 0.6 is 0 Å². The van der Waals surface area contributed by atoms with Gasteiger partial charge in [0, 0.05) is 5.41 Å². The molecule has 0 spiro atoms. The van der Waals surface area contributed by atoms with Gasteiger partial charge in [0.2, 0.25) is 0 Å². The molecule has 5 heteroatoms. The van der Waals surface area contributed by atoms with E-state index < -0.39 is 17.5 Å². The Kier molecular flexibility index (Phi) is 5.04. The summed E-state index contributed by atoms with van der Waals surface area (Å²) in [6, 6.07) is 0. The molecule has 0 amide bonds. The van der Waals surface area contributed by atoms with Gasteiger partial charge in [0.25, 0.3) is 0 Å². The highest BCUT2D eigenvalue weighted by Gasteiger charge is 2.70. The van der Waals surface area contributed by atoms with Crippen molar-refractivity contribution in [3.8, 4) is 0 Å². The van der Waals surface area contributed by atoms with Crippen molar-refractivity contribution in [2.75, 3.05) is 6.61 Å². The number of hydrogen-bond donors (Lipinski definition) is 1. The van der Waals surface area contributed by atoms with Gasteiger partial charge < -0.3 is 14.6 Å². The number of ether oxygens (including phenoxy) is 2. The second kappa shape index (κ2) is 7.32. The molecule has 9 atom stereocenters. The standard InChI is InChI=1S/C31H46O5/c1-26(2)13-15-31(24(32)33)16-14-29(5)19(20(31)17-26)7-8-22-27(3)11-10-23-28(4,18-35-25(34)36-23)21(27)9-12-30(22,29)6/h7,20-23H,8-18H2,1-6H3,(H,32,33)/t20-,21?,22-,23?,27+,28-,29-,30-,31+/m1/s1. The minimum atomic E-state index is -0.583. The van der Waals surface area contributed by atoms with E-state index in [0.717, 1.165) is 64.2 Å². The molecule has 0 radical (unpaired) electrons. The molecule has 0 aromatic rings. The third kappa shape index (κ3) is 2.89. The van der Waals surface area contributed by atoms with Gasteiger partial charge in [-0.05, 0) is 104 Å². The highest BCUT2D eigenvalue weighted by Crippen LogP contribution is 2.76. The zero-order valence-electron chi connectivity index (χ0n) is 23.2. The zero-order chi connectivity index (χ0) is 25.9. The number of cyclic esters (lactones) is 1. The minimum Gasteiger partial charge on any atom is -0.481 e. The molecule has 5 aliphatic carbocycles. The van der Waals surface area contributed by atoms with Crippen LogP contribution < -0.4 is 0 Å². The number of hydrogen-bond acceptors (Lipinski definition) is 4. The molecule has 0 aromatic heterocycles. The predicted octanol–water partition coefficient (Wildman–Crippen LogP) is 7.39. The molecule has 4 saturated carbocycles. The van der Waals surface area contributed by atoms with Gasteiger partial charge in [-0.1, -0.05) is 53.2 Å². The molecule has 200 valence electrons. The van der Waals surface area contributed by atoms with Gasteiger partial charge in [0.1, 0.15) is 12.7 Å². The van der Waals surface area contributed by atoms with Crippen molar-refractivity contribution >= 4 is 12.1 Å². The highest BCUT2D eigenvalue weighted by molar-refractivity contribution is 5.76. The van der Waals surface area contributed by atoms with Crippen molar-refractivity contribution in [1.82, 2.24) is 0 Å². The Balaban J connectivity index is 1.41. The van der Waals surface area contributed by atoms with Crippen molar-refractivity contribution in [3.63, 3.8) is 0 Å². The van der Waals surface area contributed by atoms with Crippen molar-refractivity contribution in [1.29, 1.82) is 0 Å². The Morgan fingerprint density at radius 2 is 1.64 bits per heavy atom. The fourth-order valence-electron chi connectivity index (χ4n) is 11.2. The first-order chi connectivity index (χ1) is 16.7. The van der Waals surface area contributed by atoms with Crippen molar-refractivity contribution in [2.24, 2.45) is 50.2 Å². The fraction of sp³-hybridized carbons (Fsp3) is 0.871. The van der Waals surface area contributed by atoms with E-state index in [2.05, 4.69) is 47.6 Å². The van der Waals surface area contributed by atoms with Crippen LogP contribution in [0.5, 0.6) is 0 Å². The number of aliphatic carboxylic acids is 1. The largest absolute Gasteiger partial charge is 0.508 e. The summed E-state index contributed by atoms with van der Waals surface area (Å²) < 4.78 is 11.2. The lowest BCUT2D eigenvalue weighted by Gasteiger charge is -2.71. The summed E-state index contributed by atoms with van der Waals surface area (Å²) in [5.74, 6) is 0.595. The summed E-state index contributed by atoms with van der Waals surface area (Å²) >= 11 is 0. The average Bonchev–Trinajstić information content (AvgIpc) is 2.79. The molecule has 0 bridgehead atoms. The Morgan fingerprint density at radius 1 is 0.917 bits per heavy atom. The van der Waals surface area contributed by atoms with E-state index in [-0.39, 0.29) is 39.1 Å². The van der Waals surface area contributed by atoms with Crippen molar-refractivity contribution in [2.45, 2.75) is 112 Å². The summed E-state index contributed by atoms with van der Waals surface area (Å²) in [6.07, 6.45) is 11.9. The molecule has 36 heavy (non-hydrogen) atoms. The molecule has 1 heterocycles. The van der Waals surface area contributed by atoms with E-state index in [0.29, 0.717) is 18.4 Å². The van der Waals surface area contributed by atoms with Crippen LogP contribution in [-0.2, 0) is 14.3 Å². The summed E-state index contributed by atoms with van der Waals surface area (Å²) in [5, 5.41) is 10.5. The quantitative estimate of drug-likeness (QED) is 0.301. The van der Waals surface area contributed by atoms with Crippen LogP contribution in [0.3, 0.4) is 0 Å². The van der Waals surface area contributed by atoms with Crippen LogP contribution in [0, 0.1) is 50.2 Å². The molecule has 1 aliphatic heterocycles. The number of rotatable bonds is 1. The fourth-order valence-corrected chi connectivity index (χ4v) is 11.2. The maximum atomic E-state index is 12.8. The number of carbonyl (C=O) groups is 2. The number of fused-ring (bicyclic) bond motifs is 9. The molecule has 6 aliphatic rings. The predicted molar refractivity (Wildman–Crippen MR) is 137 cm³/mol. The minimum absolute atomic E-state index is 0.0359. The summed E-state index contributed by atoms with van der Waals surface area (Å²) in [4.78, 5) is 24.7. The molecule has 1 N–H and O–H groups in total. The molecule has 5 nitrogen and oxygen atoms in total. The summed E-state index contributed by atoms with van der Waals surface area (Å²) in [6.45, 7) is 15.0. The van der Waals surface area contributed by atoms with E-state index >= 15 is 0 Å². The molecule has 6 rings (SSSR count). The maximum Gasteiger partial charge on any atom is 0.508 e. The summed E-state index contributed by atoms with van der Waals surface area (Å²) in [5.41, 5.74) is 1.29. The van der Waals surface area contributed by atoms with E-state index in [4.69, 9.17) is 9.47 Å². The van der Waals surface area contributed by atoms with E-state index in [1.54, 1.807) is 0 Å². The Morgan fingerprint density at radius 3 is 2.36 bits per heavy atom. The molecule has 0 aromatic carbocycles. The zero-order valence-corrected chi connectivity index (χ0v) is 23.2. The number of carbonyl (C=O) groups excluding carboxylic acids is 1. The van der Waals surface area contributed by atoms with Gasteiger partial charge in [-0.3, -0.25) is 4.79 Å². The maximum absolute atomic E-state index is 12.8. The Labute approximate surface area is 216 Å². The number of carboxylic acid groups (broad SMARTS) is 1. The molecule has 5 fully saturated rings. The van der Waals surface area contributed by atoms with Crippen molar-refractivity contribution < 1.29 is 24.2 Å².